The summed E-state index contributed by atoms with van der Waals surface area (Å²) < 4.78 is 0.695. The van der Waals surface area contributed by atoms with E-state index >= 15 is 0 Å². The molecule has 0 N–H and O–H groups in total. The van der Waals surface area contributed by atoms with Gasteiger partial charge in [-0.25, -0.2) is 9.97 Å². The van der Waals surface area contributed by atoms with Gasteiger partial charge in [0.1, 0.15) is 16.1 Å². The van der Waals surface area contributed by atoms with Gasteiger partial charge in [0, 0.05) is 4.90 Å². The molecule has 2 aromatic rings. The Kier molecular flexibility index (Phi) is 5.12. The maximum absolute atomic E-state index is 5.98. The number of hydrogen-bond donors (Lipinski definition) is 0. The lowest BCUT2D eigenvalue weighted by molar-refractivity contribution is 1.02. The van der Waals surface area contributed by atoms with E-state index in [9.17, 15) is 0 Å². The lowest BCUT2D eigenvalue weighted by atomic mass is 10.2. The van der Waals surface area contributed by atoms with Crippen LogP contribution >= 0.6 is 57.6 Å². The highest BCUT2D eigenvalue weighted by molar-refractivity contribution is 14.1. The topological polar surface area (TPSA) is 25.8 Å². The van der Waals surface area contributed by atoms with Crippen LogP contribution in [0.4, 0.5) is 0 Å². The third-order valence-corrected chi connectivity index (χ3v) is 5.65. The minimum atomic E-state index is 0.413. The van der Waals surface area contributed by atoms with Crippen LogP contribution in [0.2, 0.25) is 10.3 Å². The molecule has 0 aliphatic rings. The van der Waals surface area contributed by atoms with Crippen LogP contribution < -0.4 is 0 Å². The van der Waals surface area contributed by atoms with Crippen molar-refractivity contribution >= 4 is 57.6 Å². The Balaban J connectivity index is 2.14. The van der Waals surface area contributed by atoms with Crippen molar-refractivity contribution in [1.29, 1.82) is 0 Å². The van der Waals surface area contributed by atoms with Gasteiger partial charge in [-0.2, -0.15) is 0 Å². The van der Waals surface area contributed by atoms with Gasteiger partial charge in [0.25, 0.3) is 0 Å². The van der Waals surface area contributed by atoms with E-state index in [1.807, 2.05) is 34.7 Å². The van der Waals surface area contributed by atoms with E-state index in [0.29, 0.717) is 25.5 Å². The molecule has 0 spiro atoms. The summed E-state index contributed by atoms with van der Waals surface area (Å²) in [6, 6.07) is 8.20. The van der Waals surface area contributed by atoms with Crippen LogP contribution in [0, 0.1) is 10.5 Å². The summed E-state index contributed by atoms with van der Waals surface area (Å²) in [4.78, 5) is 9.65. The van der Waals surface area contributed by atoms with E-state index in [0.717, 1.165) is 0 Å². The minimum Gasteiger partial charge on any atom is -0.219 e. The molecule has 0 aliphatic carbocycles. The van der Waals surface area contributed by atoms with Crippen molar-refractivity contribution in [2.45, 2.75) is 17.6 Å². The Morgan fingerprint density at radius 3 is 2.39 bits per heavy atom. The summed E-state index contributed by atoms with van der Waals surface area (Å²) in [6.45, 7) is 2.08. The number of thioether (sulfide) groups is 1. The average Bonchev–Trinajstić information content (AvgIpc) is 2.35. The molecule has 1 aromatic heterocycles. The van der Waals surface area contributed by atoms with Gasteiger partial charge in [-0.3, -0.25) is 0 Å². The van der Waals surface area contributed by atoms with Crippen molar-refractivity contribution in [3.05, 3.63) is 49.5 Å². The molecular formula is C12H9Cl2IN2S. The van der Waals surface area contributed by atoms with Crippen LogP contribution in [-0.2, 0) is 5.75 Å². The van der Waals surface area contributed by atoms with Gasteiger partial charge < -0.3 is 0 Å². The molecule has 2 nitrogen and oxygen atoms in total. The minimum absolute atomic E-state index is 0.413. The number of hydrogen-bond acceptors (Lipinski definition) is 3. The average molecular weight is 411 g/mol. The van der Waals surface area contributed by atoms with Gasteiger partial charge in [0.05, 0.1) is 9.32 Å². The van der Waals surface area contributed by atoms with Crippen LogP contribution in [0.1, 0.15) is 11.4 Å². The second-order valence-electron chi connectivity index (χ2n) is 3.59. The van der Waals surface area contributed by atoms with Crippen molar-refractivity contribution in [2.24, 2.45) is 0 Å². The first-order valence-corrected chi connectivity index (χ1v) is 7.96. The first kappa shape index (κ1) is 14.4. The maximum Gasteiger partial charge on any atom is 0.147 e. The lowest BCUT2D eigenvalue weighted by Gasteiger charge is -2.06. The van der Waals surface area contributed by atoms with E-state index in [4.69, 9.17) is 23.2 Å². The summed E-state index contributed by atoms with van der Waals surface area (Å²) >= 11 is 15.7. The molecule has 2 rings (SSSR count). The first-order chi connectivity index (χ1) is 8.58. The van der Waals surface area contributed by atoms with Crippen LogP contribution in [0.15, 0.2) is 29.2 Å². The molecule has 0 unspecified atom stereocenters. The zero-order chi connectivity index (χ0) is 13.1. The molecule has 0 aliphatic heterocycles. The van der Waals surface area contributed by atoms with Crippen LogP contribution in [0.25, 0.3) is 0 Å². The zero-order valence-corrected chi connectivity index (χ0v) is 13.9. The molecule has 0 fully saturated rings. The number of rotatable bonds is 3. The van der Waals surface area contributed by atoms with Gasteiger partial charge in [0.15, 0.2) is 0 Å². The summed E-state index contributed by atoms with van der Waals surface area (Å²) in [5.41, 5.74) is 1.24. The normalized spacial score (nSPS) is 10.7. The van der Waals surface area contributed by atoms with Gasteiger partial charge in [0.2, 0.25) is 0 Å². The van der Waals surface area contributed by atoms with Crippen molar-refractivity contribution < 1.29 is 0 Å². The number of aromatic nitrogens is 2. The second-order valence-corrected chi connectivity index (χ2v) is 6.40. The fourth-order valence-corrected chi connectivity index (χ4v) is 2.91. The number of benzene rings is 1. The monoisotopic (exact) mass is 410 g/mol. The molecule has 18 heavy (non-hydrogen) atoms. The predicted molar refractivity (Wildman–Crippen MR) is 85.5 cm³/mol. The van der Waals surface area contributed by atoms with E-state index in [-0.39, 0.29) is 0 Å². The Labute approximate surface area is 134 Å². The van der Waals surface area contributed by atoms with E-state index in [1.165, 1.54) is 10.5 Å². The third-order valence-electron chi connectivity index (χ3n) is 2.27. The molecular weight excluding hydrogens is 402 g/mol. The molecule has 6 heteroatoms. The molecule has 0 atom stereocenters. The molecule has 0 radical (unpaired) electrons. The van der Waals surface area contributed by atoms with Crippen LogP contribution in [0.3, 0.4) is 0 Å². The number of nitrogens with zero attached hydrogens (tertiary/aromatic N) is 2. The summed E-state index contributed by atoms with van der Waals surface area (Å²) in [6.07, 6.45) is 0. The van der Waals surface area contributed by atoms with Crippen molar-refractivity contribution in [3.63, 3.8) is 0 Å². The number of aryl methyl sites for hydroxylation is 1. The van der Waals surface area contributed by atoms with Crippen LogP contribution in [0.5, 0.6) is 0 Å². The quantitative estimate of drug-likeness (QED) is 0.405. The fourth-order valence-electron chi connectivity index (χ4n) is 1.36. The van der Waals surface area contributed by atoms with Crippen molar-refractivity contribution in [2.75, 3.05) is 0 Å². The third kappa shape index (κ3) is 3.50. The molecule has 0 bridgehead atoms. The van der Waals surface area contributed by atoms with Gasteiger partial charge in [-0.15, -0.1) is 11.8 Å². The fraction of sp³-hybridized carbons (Fsp3) is 0.167. The Hall–Kier alpha value is -0.0400. The van der Waals surface area contributed by atoms with E-state index in [1.54, 1.807) is 11.8 Å². The Bertz CT molecular complexity index is 555. The summed E-state index contributed by atoms with van der Waals surface area (Å²) in [5, 5.41) is 0.826. The Morgan fingerprint density at radius 1 is 1.17 bits per heavy atom. The molecule has 94 valence electrons. The Morgan fingerprint density at radius 2 is 1.78 bits per heavy atom. The molecule has 1 heterocycles. The smallest absolute Gasteiger partial charge is 0.147 e. The van der Waals surface area contributed by atoms with Gasteiger partial charge in [-0.1, -0.05) is 41.4 Å². The standard InChI is InChI=1S/C12H9Cl2IN2S/c1-7-4-2-3-5-8(7)18-6-9-16-11(13)10(15)12(14)17-9/h2-5H,6H2,1H3. The van der Waals surface area contributed by atoms with E-state index < -0.39 is 0 Å². The number of halogens is 3. The molecule has 0 saturated carbocycles. The predicted octanol–water partition coefficient (Wildman–Crippen LogP) is 4.99. The largest absolute Gasteiger partial charge is 0.219 e. The van der Waals surface area contributed by atoms with Crippen LogP contribution in [-0.4, -0.2) is 9.97 Å². The second kappa shape index (κ2) is 6.41. The first-order valence-electron chi connectivity index (χ1n) is 5.14. The highest BCUT2D eigenvalue weighted by Gasteiger charge is 2.09. The molecule has 0 amide bonds. The highest BCUT2D eigenvalue weighted by atomic mass is 127. The summed E-state index contributed by atoms with van der Waals surface area (Å²) in [5.74, 6) is 1.31. The van der Waals surface area contributed by atoms with Gasteiger partial charge >= 0.3 is 0 Å². The van der Waals surface area contributed by atoms with E-state index in [2.05, 4.69) is 29.0 Å². The maximum atomic E-state index is 5.98. The SMILES string of the molecule is Cc1ccccc1SCc1nc(Cl)c(I)c(Cl)n1. The zero-order valence-electron chi connectivity index (χ0n) is 9.45. The lowest BCUT2D eigenvalue weighted by Crippen LogP contribution is -1.96. The van der Waals surface area contributed by atoms with Gasteiger partial charge in [-0.05, 0) is 41.1 Å². The summed E-state index contributed by atoms with van der Waals surface area (Å²) in [7, 11) is 0. The van der Waals surface area contributed by atoms with Crippen molar-refractivity contribution in [1.82, 2.24) is 9.97 Å². The highest BCUT2D eigenvalue weighted by Crippen LogP contribution is 2.27. The molecule has 0 saturated heterocycles. The van der Waals surface area contributed by atoms with Crippen molar-refractivity contribution in [3.8, 4) is 0 Å². The molecule has 1 aromatic carbocycles.